The van der Waals surface area contributed by atoms with E-state index >= 15 is 0 Å². The van der Waals surface area contributed by atoms with Gasteiger partial charge in [0.25, 0.3) is 12.4 Å². The second-order valence-corrected chi connectivity index (χ2v) is 13.8. The van der Waals surface area contributed by atoms with Gasteiger partial charge in [0.15, 0.2) is 0 Å². The molecule has 4 N–H and O–H groups in total. The number of amides is 1. The van der Waals surface area contributed by atoms with Crippen molar-refractivity contribution in [2.45, 2.75) is 45.0 Å². The fourth-order valence-electron chi connectivity index (χ4n) is 5.95. The predicted molar refractivity (Wildman–Crippen MR) is 189 cm³/mol. The van der Waals surface area contributed by atoms with Gasteiger partial charge < -0.3 is 25.4 Å². The number of anilines is 1. The van der Waals surface area contributed by atoms with Crippen molar-refractivity contribution in [3.63, 3.8) is 0 Å². The maximum Gasteiger partial charge on any atom is 0.290 e. The Morgan fingerprint density at radius 1 is 1.04 bits per heavy atom. The van der Waals surface area contributed by atoms with Crippen LogP contribution in [0, 0.1) is 0 Å². The number of carboxylic acid groups (broad SMARTS) is 1. The maximum absolute atomic E-state index is 13.9. The monoisotopic (exact) mass is 684 g/mol. The smallest absolute Gasteiger partial charge is 0.290 e. The number of hydrogen-bond donors (Lipinski definition) is 4. The van der Waals surface area contributed by atoms with Crippen LogP contribution in [0.5, 0.6) is 0 Å². The lowest BCUT2D eigenvalue weighted by Crippen LogP contribution is -2.48. The minimum absolute atomic E-state index is 0.0199. The van der Waals surface area contributed by atoms with Gasteiger partial charge in [0.2, 0.25) is 10.0 Å². The number of carbonyl (C=O) groups is 2. The summed E-state index contributed by atoms with van der Waals surface area (Å²) in [6, 6.07) is 24.0. The molecule has 256 valence electrons. The zero-order valence-electron chi connectivity index (χ0n) is 27.4. The van der Waals surface area contributed by atoms with Gasteiger partial charge in [0.1, 0.15) is 0 Å². The molecule has 0 fully saturated rings. The zero-order valence-corrected chi connectivity index (χ0v) is 28.2. The van der Waals surface area contributed by atoms with Gasteiger partial charge in [-0.15, -0.1) is 0 Å². The molecule has 2 atom stereocenters. The average Bonchev–Trinajstić information content (AvgIpc) is 3.44. The zero-order chi connectivity index (χ0) is 35.0. The van der Waals surface area contributed by atoms with Gasteiger partial charge in [-0.05, 0) is 60.4 Å². The second kappa shape index (κ2) is 15.9. The summed E-state index contributed by atoms with van der Waals surface area (Å²) in [5.41, 5.74) is 5.98. The summed E-state index contributed by atoms with van der Waals surface area (Å²) in [4.78, 5) is 31.3. The number of aromatic nitrogens is 3. The Balaban J connectivity index is 0.00000151. The van der Waals surface area contributed by atoms with Crippen LogP contribution in [0.3, 0.4) is 0 Å². The molecule has 0 saturated carbocycles. The van der Waals surface area contributed by atoms with Gasteiger partial charge in [-0.1, -0.05) is 49.4 Å². The summed E-state index contributed by atoms with van der Waals surface area (Å²) in [6.07, 6.45) is 3.93. The molecule has 4 heterocycles. The van der Waals surface area contributed by atoms with Gasteiger partial charge >= 0.3 is 0 Å². The number of benzene rings is 2. The molecule has 0 saturated heterocycles. The largest absolute Gasteiger partial charge is 0.483 e. The van der Waals surface area contributed by atoms with Crippen molar-refractivity contribution in [3.8, 4) is 11.4 Å². The van der Waals surface area contributed by atoms with Crippen LogP contribution < -0.4 is 14.9 Å². The molecule has 5 aromatic rings. The first kappa shape index (κ1) is 35.2. The van der Waals surface area contributed by atoms with Crippen LogP contribution >= 0.6 is 0 Å². The number of sulfonamides is 1. The quantitative estimate of drug-likeness (QED) is 0.152. The number of pyridine rings is 2. The Bertz CT molecular complexity index is 2000. The third kappa shape index (κ3) is 8.31. The lowest BCUT2D eigenvalue weighted by atomic mass is 9.99. The third-order valence-corrected chi connectivity index (χ3v) is 10.2. The van der Waals surface area contributed by atoms with Crippen LogP contribution in [-0.2, 0) is 40.7 Å². The molecule has 2 aromatic carbocycles. The van der Waals surface area contributed by atoms with E-state index in [0.29, 0.717) is 30.8 Å². The summed E-state index contributed by atoms with van der Waals surface area (Å²) >= 11 is 0. The SMILES string of the molecule is CCc1cn2c3c(cc(C(=O)N[C@@H](Cc4ccccc4)[C@H](O)CNCc4cccc(-c5ccccn5)n4)cc13)N(C)S(=O)(=O)CC2.O=CO. The predicted octanol–water partition coefficient (Wildman–Crippen LogP) is 3.63. The topological polar surface area (TPSA) is 167 Å². The number of hydrogen-bond acceptors (Lipinski definition) is 8. The number of aliphatic hydroxyl groups excluding tert-OH is 1. The van der Waals surface area contributed by atoms with Crippen molar-refractivity contribution in [1.29, 1.82) is 0 Å². The summed E-state index contributed by atoms with van der Waals surface area (Å²) in [5.74, 6) is -0.402. The Hall–Kier alpha value is -5.11. The molecule has 0 spiro atoms. The van der Waals surface area contributed by atoms with Crippen molar-refractivity contribution in [3.05, 3.63) is 114 Å². The molecule has 6 rings (SSSR count). The molecule has 3 aromatic heterocycles. The molecule has 0 radical (unpaired) electrons. The number of nitrogens with one attached hydrogen (secondary N) is 2. The van der Waals surface area contributed by atoms with Crippen molar-refractivity contribution >= 4 is 39.0 Å². The van der Waals surface area contributed by atoms with E-state index in [4.69, 9.17) is 14.9 Å². The van der Waals surface area contributed by atoms with E-state index in [2.05, 4.69) is 15.6 Å². The molecular formula is C36H40N6O6S. The lowest BCUT2D eigenvalue weighted by Gasteiger charge is -2.25. The van der Waals surface area contributed by atoms with E-state index in [1.807, 2.05) is 90.5 Å². The molecule has 49 heavy (non-hydrogen) atoms. The van der Waals surface area contributed by atoms with E-state index in [1.165, 1.54) is 11.4 Å². The van der Waals surface area contributed by atoms with Gasteiger partial charge in [0.05, 0.1) is 46.2 Å². The van der Waals surface area contributed by atoms with Crippen molar-refractivity contribution in [1.82, 2.24) is 25.2 Å². The first-order chi connectivity index (χ1) is 23.6. The minimum Gasteiger partial charge on any atom is -0.483 e. The normalized spacial score (nSPS) is 14.6. The molecule has 0 aliphatic carbocycles. The van der Waals surface area contributed by atoms with Crippen LogP contribution in [0.2, 0.25) is 0 Å². The Kier molecular flexibility index (Phi) is 11.4. The first-order valence-corrected chi connectivity index (χ1v) is 17.6. The number of aliphatic hydroxyl groups is 1. The summed E-state index contributed by atoms with van der Waals surface area (Å²) < 4.78 is 29.2. The van der Waals surface area contributed by atoms with E-state index < -0.39 is 22.2 Å². The molecule has 1 amide bonds. The first-order valence-electron chi connectivity index (χ1n) is 16.0. The molecule has 0 unspecified atom stereocenters. The van der Waals surface area contributed by atoms with Crippen LogP contribution in [0.15, 0.2) is 91.3 Å². The van der Waals surface area contributed by atoms with E-state index in [-0.39, 0.29) is 24.7 Å². The fraction of sp³-hybridized carbons (Fsp3) is 0.278. The average molecular weight is 685 g/mol. The number of aryl methyl sites for hydroxylation is 2. The number of carbonyl (C=O) groups excluding carboxylic acids is 1. The highest BCUT2D eigenvalue weighted by molar-refractivity contribution is 7.92. The van der Waals surface area contributed by atoms with Gasteiger partial charge in [0, 0.05) is 50.0 Å². The highest BCUT2D eigenvalue weighted by Gasteiger charge is 2.29. The molecule has 13 heteroatoms. The summed E-state index contributed by atoms with van der Waals surface area (Å²) in [7, 11) is -2.01. The van der Waals surface area contributed by atoms with Crippen LogP contribution in [0.25, 0.3) is 22.3 Å². The molecule has 1 aliphatic rings. The fourth-order valence-corrected chi connectivity index (χ4v) is 7.09. The molecule has 1 aliphatic heterocycles. The number of nitrogens with zero attached hydrogens (tertiary/aromatic N) is 4. The molecule has 12 nitrogen and oxygen atoms in total. The highest BCUT2D eigenvalue weighted by Crippen LogP contribution is 2.35. The lowest BCUT2D eigenvalue weighted by molar-refractivity contribution is -0.122. The number of rotatable bonds is 11. The van der Waals surface area contributed by atoms with E-state index in [1.54, 1.807) is 12.3 Å². The van der Waals surface area contributed by atoms with E-state index in [9.17, 15) is 18.3 Å². The highest BCUT2D eigenvalue weighted by atomic mass is 32.2. The minimum atomic E-state index is -3.55. The Morgan fingerprint density at radius 2 is 1.78 bits per heavy atom. The second-order valence-electron chi connectivity index (χ2n) is 11.7. The third-order valence-electron chi connectivity index (χ3n) is 8.50. The van der Waals surface area contributed by atoms with Crippen molar-refractivity contribution < 1.29 is 28.2 Å². The molecular weight excluding hydrogens is 644 g/mol. The summed E-state index contributed by atoms with van der Waals surface area (Å²) in [6.45, 7) is 2.77. The van der Waals surface area contributed by atoms with Crippen molar-refractivity contribution in [2.75, 3.05) is 23.7 Å². The van der Waals surface area contributed by atoms with Gasteiger partial charge in [-0.25, -0.2) is 13.4 Å². The Morgan fingerprint density at radius 3 is 2.49 bits per heavy atom. The van der Waals surface area contributed by atoms with Gasteiger partial charge in [-0.2, -0.15) is 0 Å². The van der Waals surface area contributed by atoms with E-state index in [0.717, 1.165) is 45.5 Å². The van der Waals surface area contributed by atoms with Crippen molar-refractivity contribution in [2.24, 2.45) is 0 Å². The maximum atomic E-state index is 13.9. The Labute approximate surface area is 285 Å². The van der Waals surface area contributed by atoms with Crippen LogP contribution in [-0.4, -0.2) is 77.0 Å². The summed E-state index contributed by atoms with van der Waals surface area (Å²) in [5, 5.41) is 25.5. The molecule has 0 bridgehead atoms. The van der Waals surface area contributed by atoms with Crippen LogP contribution in [0.4, 0.5) is 5.69 Å². The standard InChI is InChI=1S/C35H38N6O4S.CH2O2/c1-3-25-23-41-16-17-46(44,45)40(2)32-20-26(19-28(25)34(32)41)35(43)39-31(18-24-10-5-4-6-11-24)33(42)22-36-21-27-12-9-14-30(38-27)29-13-7-8-15-37-29;2-1-3/h4-15,19-20,23,31,33,36,42H,3,16-18,21-22H2,1-2H3,(H,39,43);1H,(H,2,3)/t31-,33+;/m0./s1. The van der Waals surface area contributed by atoms with Crippen LogP contribution in [0.1, 0.15) is 34.1 Å². The van der Waals surface area contributed by atoms with Gasteiger partial charge in [-0.3, -0.25) is 18.9 Å².